The number of nitriles is 1. The van der Waals surface area contributed by atoms with Crippen LogP contribution in [0.5, 0.6) is 0 Å². The second-order valence-electron chi connectivity index (χ2n) is 6.36. The third-order valence-electron chi connectivity index (χ3n) is 4.71. The number of nitrogens with zero attached hydrogens (tertiary/aromatic N) is 5. The molecule has 0 aliphatic carbocycles. The van der Waals surface area contributed by atoms with E-state index in [0.29, 0.717) is 5.56 Å². The fraction of sp³-hybridized carbons (Fsp3) is 0.143. The molecule has 5 nitrogen and oxygen atoms in total. The summed E-state index contributed by atoms with van der Waals surface area (Å²) in [6.07, 6.45) is 5.84. The van der Waals surface area contributed by atoms with Gasteiger partial charge < -0.3 is 0 Å². The molecule has 0 aliphatic rings. The molecule has 0 fully saturated rings. The van der Waals surface area contributed by atoms with Crippen molar-refractivity contribution in [1.29, 1.82) is 5.26 Å². The smallest absolute Gasteiger partial charge is 0.200 e. The van der Waals surface area contributed by atoms with Gasteiger partial charge in [-0.05, 0) is 13.0 Å². The average molecular weight is 341 g/mol. The molecule has 0 amide bonds. The molecule has 2 aromatic carbocycles. The monoisotopic (exact) mass is 341 g/mol. The zero-order chi connectivity index (χ0) is 18.3. The van der Waals surface area contributed by atoms with Gasteiger partial charge in [0.15, 0.2) is 0 Å². The Kier molecular flexibility index (Phi) is 3.74. The summed E-state index contributed by atoms with van der Waals surface area (Å²) in [5.41, 5.74) is 4.75. The Morgan fingerprint density at radius 3 is 2.62 bits per heavy atom. The Bertz CT molecular complexity index is 1180. The van der Waals surface area contributed by atoms with Crippen molar-refractivity contribution in [2.75, 3.05) is 0 Å². The maximum absolute atomic E-state index is 9.58. The number of aromatic nitrogens is 4. The van der Waals surface area contributed by atoms with Gasteiger partial charge in [-0.3, -0.25) is 0 Å². The third kappa shape index (κ3) is 2.44. The number of hydrogen-bond acceptors (Lipinski definition) is 2. The van der Waals surface area contributed by atoms with E-state index in [1.807, 2.05) is 55.1 Å². The molecular formula is C21H19N5+2. The van der Waals surface area contributed by atoms with Crippen LogP contribution < -0.4 is 9.25 Å². The molecule has 2 aromatic heterocycles. The van der Waals surface area contributed by atoms with E-state index in [4.69, 9.17) is 0 Å². The molecule has 0 bridgehead atoms. The summed E-state index contributed by atoms with van der Waals surface area (Å²) < 4.78 is 6.21. The van der Waals surface area contributed by atoms with Crippen molar-refractivity contribution < 1.29 is 9.25 Å². The molecule has 4 rings (SSSR count). The zero-order valence-corrected chi connectivity index (χ0v) is 15.0. The van der Waals surface area contributed by atoms with E-state index in [1.54, 1.807) is 6.20 Å². The first kappa shape index (κ1) is 16.0. The molecule has 0 atom stereocenters. The lowest BCUT2D eigenvalue weighted by Gasteiger charge is -2.08. The molecule has 2 heterocycles. The molecule has 4 aromatic rings. The fourth-order valence-electron chi connectivity index (χ4n) is 3.44. The molecule has 26 heavy (non-hydrogen) atoms. The maximum atomic E-state index is 9.58. The predicted octanol–water partition coefficient (Wildman–Crippen LogP) is 2.62. The lowest BCUT2D eigenvalue weighted by molar-refractivity contribution is -0.659. The number of fused-ring (bicyclic) bond motifs is 1. The van der Waals surface area contributed by atoms with Crippen molar-refractivity contribution in [2.45, 2.75) is 13.8 Å². The summed E-state index contributed by atoms with van der Waals surface area (Å²) in [5, 5.41) is 10.7. The van der Waals surface area contributed by atoms with E-state index in [2.05, 4.69) is 45.7 Å². The van der Waals surface area contributed by atoms with E-state index in [0.717, 1.165) is 33.7 Å². The molecule has 0 aliphatic heterocycles. The van der Waals surface area contributed by atoms with Crippen molar-refractivity contribution in [1.82, 2.24) is 9.67 Å². The lowest BCUT2D eigenvalue weighted by Crippen LogP contribution is -2.42. The molecule has 0 saturated carbocycles. The minimum atomic E-state index is 0.620. The Balaban J connectivity index is 2.07. The van der Waals surface area contributed by atoms with Gasteiger partial charge in [-0.15, -0.1) is 0 Å². The first-order chi connectivity index (χ1) is 12.6. The van der Waals surface area contributed by atoms with Crippen molar-refractivity contribution in [3.8, 4) is 17.4 Å². The van der Waals surface area contributed by atoms with Crippen LogP contribution in [0.1, 0.15) is 17.0 Å². The first-order valence-electron chi connectivity index (χ1n) is 8.45. The van der Waals surface area contributed by atoms with Crippen LogP contribution in [0.4, 0.5) is 0 Å². The fourth-order valence-corrected chi connectivity index (χ4v) is 3.44. The second-order valence-corrected chi connectivity index (χ2v) is 6.36. The van der Waals surface area contributed by atoms with E-state index in [-0.39, 0.29) is 0 Å². The van der Waals surface area contributed by atoms with Gasteiger partial charge in [0.2, 0.25) is 11.2 Å². The maximum Gasteiger partial charge on any atom is 0.300 e. The molecular weight excluding hydrogens is 322 g/mol. The number of benzene rings is 2. The summed E-state index contributed by atoms with van der Waals surface area (Å²) in [6.45, 7) is 4.04. The average Bonchev–Trinajstić information content (AvgIpc) is 2.98. The molecule has 126 valence electrons. The first-order valence-corrected chi connectivity index (χ1v) is 8.45. The van der Waals surface area contributed by atoms with Crippen LogP contribution in [0, 0.1) is 25.2 Å². The van der Waals surface area contributed by atoms with Crippen LogP contribution in [-0.2, 0) is 7.05 Å². The van der Waals surface area contributed by atoms with E-state index >= 15 is 0 Å². The van der Waals surface area contributed by atoms with Crippen molar-refractivity contribution in [3.05, 3.63) is 78.0 Å². The van der Waals surface area contributed by atoms with E-state index in [1.165, 1.54) is 0 Å². The van der Waals surface area contributed by atoms with Crippen molar-refractivity contribution in [2.24, 2.45) is 7.05 Å². The highest BCUT2D eigenvalue weighted by Gasteiger charge is 2.25. The Labute approximate surface area is 152 Å². The van der Waals surface area contributed by atoms with Gasteiger partial charge in [-0.1, -0.05) is 21.8 Å². The summed E-state index contributed by atoms with van der Waals surface area (Å²) in [6, 6.07) is 16.3. The Morgan fingerprint density at radius 1 is 1.08 bits per heavy atom. The number of rotatable bonds is 2. The van der Waals surface area contributed by atoms with Crippen LogP contribution in [0.25, 0.3) is 22.3 Å². The Hall–Kier alpha value is -3.52. The highest BCUT2D eigenvalue weighted by Crippen LogP contribution is 2.20. The van der Waals surface area contributed by atoms with Gasteiger partial charge in [0.05, 0.1) is 35.8 Å². The lowest BCUT2D eigenvalue weighted by atomic mass is 10.1. The van der Waals surface area contributed by atoms with Gasteiger partial charge >= 0.3 is 0 Å². The van der Waals surface area contributed by atoms with Crippen LogP contribution in [-0.4, -0.2) is 9.67 Å². The highest BCUT2D eigenvalue weighted by atomic mass is 15.4. The minimum Gasteiger partial charge on any atom is -0.200 e. The standard InChI is InChI=1S/C21H19N5/c1-15-20(25-10-6-9-23-16(25)2)11-17(13-22)12-21(15)26-19-8-5-4-7-18(19)14-24(26)3/h4-12,14H,1-3H3/q+2. The van der Waals surface area contributed by atoms with Crippen LogP contribution in [0.2, 0.25) is 0 Å². The van der Waals surface area contributed by atoms with Gasteiger partial charge in [-0.2, -0.15) is 14.5 Å². The van der Waals surface area contributed by atoms with Gasteiger partial charge in [0.1, 0.15) is 18.1 Å². The van der Waals surface area contributed by atoms with E-state index < -0.39 is 0 Å². The van der Waals surface area contributed by atoms with Crippen LogP contribution in [0.15, 0.2) is 61.1 Å². The number of hydrogen-bond donors (Lipinski definition) is 0. The predicted molar refractivity (Wildman–Crippen MR) is 98.0 cm³/mol. The minimum absolute atomic E-state index is 0.620. The van der Waals surface area contributed by atoms with E-state index in [9.17, 15) is 5.26 Å². The SMILES string of the molecule is Cc1c(-[n+]2cccnc2C)cc(C#N)cc1-[n+]1c2ccccc2cn1C. The highest BCUT2D eigenvalue weighted by molar-refractivity contribution is 5.75. The number of para-hydroxylation sites is 1. The summed E-state index contributed by atoms with van der Waals surface area (Å²) in [4.78, 5) is 4.38. The molecule has 0 radical (unpaired) electrons. The molecule has 0 saturated heterocycles. The molecule has 0 spiro atoms. The Morgan fingerprint density at radius 2 is 1.85 bits per heavy atom. The largest absolute Gasteiger partial charge is 0.300 e. The third-order valence-corrected chi connectivity index (χ3v) is 4.71. The molecule has 0 N–H and O–H groups in total. The normalized spacial score (nSPS) is 10.8. The second kappa shape index (κ2) is 6.08. The van der Waals surface area contributed by atoms with Gasteiger partial charge in [-0.25, -0.2) is 0 Å². The van der Waals surface area contributed by atoms with Crippen molar-refractivity contribution >= 4 is 10.9 Å². The van der Waals surface area contributed by atoms with Crippen LogP contribution in [0.3, 0.4) is 0 Å². The molecule has 0 unspecified atom stereocenters. The summed E-state index contributed by atoms with van der Waals surface area (Å²) >= 11 is 0. The topological polar surface area (TPSA) is 49.4 Å². The quantitative estimate of drug-likeness (QED) is 0.526. The van der Waals surface area contributed by atoms with Crippen LogP contribution >= 0.6 is 0 Å². The van der Waals surface area contributed by atoms with Gasteiger partial charge in [0.25, 0.3) is 5.82 Å². The number of aryl methyl sites for hydroxylation is 2. The van der Waals surface area contributed by atoms with Gasteiger partial charge in [0, 0.05) is 31.2 Å². The zero-order valence-electron chi connectivity index (χ0n) is 15.0. The summed E-state index contributed by atoms with van der Waals surface area (Å²) in [7, 11) is 2.01. The van der Waals surface area contributed by atoms with Crippen molar-refractivity contribution in [3.63, 3.8) is 0 Å². The summed E-state index contributed by atoms with van der Waals surface area (Å²) in [5.74, 6) is 0.873. The molecule has 5 heteroatoms.